The van der Waals surface area contributed by atoms with Crippen LogP contribution < -0.4 is 0 Å². The van der Waals surface area contributed by atoms with Gasteiger partial charge in [-0.2, -0.15) is 0 Å². The average Bonchev–Trinajstić information content (AvgIpc) is 3.67. The minimum atomic E-state index is -1.40. The number of ether oxygens (including phenoxy) is 2. The molecule has 1 N–H and O–H groups in total. The summed E-state index contributed by atoms with van der Waals surface area (Å²) in [5.74, 6) is -0.735. The standard InChI is InChI=1S/C30H28BrCl2NO5/c1-2-38-27(36)16-26(19-3-8-22(32)9-4-19)34-28(37)24-15-21(31)7-12-25(24)30(34,20-5-10-23(33)11-6-20)39-18-29(17-35)13-14-29/h3-12,15,26,35H,2,13-14,16-18H2,1H3/t26-,30+/m0/s1. The summed E-state index contributed by atoms with van der Waals surface area (Å²) < 4.78 is 12.9. The normalized spacial score (nSPS) is 20.0. The average molecular weight is 633 g/mol. The zero-order valence-electron chi connectivity index (χ0n) is 21.3. The van der Waals surface area contributed by atoms with Crippen LogP contribution >= 0.6 is 39.1 Å². The summed E-state index contributed by atoms with van der Waals surface area (Å²) in [7, 11) is 0. The van der Waals surface area contributed by atoms with Gasteiger partial charge in [0.15, 0.2) is 5.72 Å². The Morgan fingerprint density at radius 1 is 1.05 bits per heavy atom. The Morgan fingerprint density at radius 2 is 1.69 bits per heavy atom. The first-order valence-electron chi connectivity index (χ1n) is 12.8. The zero-order valence-corrected chi connectivity index (χ0v) is 24.4. The lowest BCUT2D eigenvalue weighted by Gasteiger charge is -2.44. The summed E-state index contributed by atoms with van der Waals surface area (Å²) in [6.45, 7) is 2.16. The van der Waals surface area contributed by atoms with Gasteiger partial charge in [0.1, 0.15) is 0 Å². The summed E-state index contributed by atoms with van der Waals surface area (Å²) in [4.78, 5) is 29.0. The van der Waals surface area contributed by atoms with E-state index in [-0.39, 0.29) is 37.6 Å². The van der Waals surface area contributed by atoms with Crippen LogP contribution in [0.1, 0.15) is 59.3 Å². The molecule has 204 valence electrons. The lowest BCUT2D eigenvalue weighted by Crippen LogP contribution is -2.50. The van der Waals surface area contributed by atoms with E-state index < -0.39 is 17.7 Å². The highest BCUT2D eigenvalue weighted by molar-refractivity contribution is 9.10. The summed E-state index contributed by atoms with van der Waals surface area (Å²) in [6.07, 6.45) is 1.55. The van der Waals surface area contributed by atoms with Gasteiger partial charge in [-0.15, -0.1) is 0 Å². The molecule has 1 fully saturated rings. The molecular weight excluding hydrogens is 605 g/mol. The van der Waals surface area contributed by atoms with Gasteiger partial charge in [0, 0.05) is 36.6 Å². The van der Waals surface area contributed by atoms with Crippen LogP contribution in [-0.2, 0) is 20.0 Å². The fourth-order valence-corrected chi connectivity index (χ4v) is 5.77. The molecule has 5 rings (SSSR count). The highest BCUT2D eigenvalue weighted by Crippen LogP contribution is 2.54. The topological polar surface area (TPSA) is 76.1 Å². The molecule has 0 radical (unpaired) electrons. The molecule has 6 nitrogen and oxygen atoms in total. The molecule has 1 aliphatic carbocycles. The number of fused-ring (bicyclic) bond motifs is 1. The van der Waals surface area contributed by atoms with Crippen molar-refractivity contribution in [1.29, 1.82) is 0 Å². The third-order valence-corrected chi connectivity index (χ3v) is 8.48. The van der Waals surface area contributed by atoms with Crippen molar-refractivity contribution in [1.82, 2.24) is 4.90 Å². The molecule has 39 heavy (non-hydrogen) atoms. The number of hydrogen-bond donors (Lipinski definition) is 1. The Kier molecular flexibility index (Phi) is 8.09. The summed E-state index contributed by atoms with van der Waals surface area (Å²) in [6, 6.07) is 19.0. The molecule has 3 aromatic rings. The van der Waals surface area contributed by atoms with Crippen LogP contribution in [0.3, 0.4) is 0 Å². The van der Waals surface area contributed by atoms with Gasteiger partial charge in [0.25, 0.3) is 5.91 Å². The zero-order chi connectivity index (χ0) is 27.8. The van der Waals surface area contributed by atoms with E-state index in [4.69, 9.17) is 32.7 Å². The Morgan fingerprint density at radius 3 is 2.28 bits per heavy atom. The first-order valence-corrected chi connectivity index (χ1v) is 14.3. The van der Waals surface area contributed by atoms with E-state index in [1.54, 1.807) is 54.3 Å². The number of rotatable bonds is 10. The van der Waals surface area contributed by atoms with Gasteiger partial charge in [-0.25, -0.2) is 0 Å². The van der Waals surface area contributed by atoms with Crippen molar-refractivity contribution < 1.29 is 24.2 Å². The number of amides is 1. The van der Waals surface area contributed by atoms with Crippen LogP contribution in [0, 0.1) is 5.41 Å². The fraction of sp³-hybridized carbons (Fsp3) is 0.333. The molecule has 9 heteroatoms. The molecule has 1 heterocycles. The molecule has 0 bridgehead atoms. The van der Waals surface area contributed by atoms with E-state index in [0.29, 0.717) is 32.3 Å². The Labute approximate surface area is 245 Å². The Balaban J connectivity index is 1.75. The highest BCUT2D eigenvalue weighted by atomic mass is 79.9. The molecule has 3 aromatic carbocycles. The predicted octanol–water partition coefficient (Wildman–Crippen LogP) is 6.90. The van der Waals surface area contributed by atoms with E-state index in [0.717, 1.165) is 17.3 Å². The van der Waals surface area contributed by atoms with Crippen molar-refractivity contribution in [3.63, 3.8) is 0 Å². The van der Waals surface area contributed by atoms with Crippen LogP contribution in [0.2, 0.25) is 10.0 Å². The summed E-state index contributed by atoms with van der Waals surface area (Å²) in [5.41, 5.74) is 0.712. The van der Waals surface area contributed by atoms with Crippen LogP contribution in [0.15, 0.2) is 71.2 Å². The van der Waals surface area contributed by atoms with E-state index in [2.05, 4.69) is 15.9 Å². The lowest BCUT2D eigenvalue weighted by atomic mass is 9.91. The SMILES string of the molecule is CCOC(=O)C[C@@H](c1ccc(Cl)cc1)N1C(=O)c2cc(Br)ccc2[C@]1(OCC1(CO)CC1)c1ccc(Cl)cc1. The maximum atomic E-state index is 14.4. The molecular formula is C30H28BrCl2NO5. The first kappa shape index (κ1) is 28.1. The fourth-order valence-electron chi connectivity index (χ4n) is 5.16. The predicted molar refractivity (Wildman–Crippen MR) is 153 cm³/mol. The molecule has 0 saturated heterocycles. The molecule has 0 aromatic heterocycles. The van der Waals surface area contributed by atoms with Gasteiger partial charge in [-0.05, 0) is 61.7 Å². The van der Waals surface area contributed by atoms with E-state index in [1.807, 2.05) is 24.3 Å². The maximum Gasteiger partial charge on any atom is 0.308 e. The monoisotopic (exact) mass is 631 g/mol. The van der Waals surface area contributed by atoms with Gasteiger partial charge in [-0.3, -0.25) is 14.5 Å². The highest BCUT2D eigenvalue weighted by Gasteiger charge is 2.57. The van der Waals surface area contributed by atoms with Gasteiger partial charge in [0.2, 0.25) is 0 Å². The minimum absolute atomic E-state index is 0.0196. The Bertz CT molecular complexity index is 1380. The smallest absolute Gasteiger partial charge is 0.308 e. The first-order chi connectivity index (χ1) is 18.7. The number of esters is 1. The maximum absolute atomic E-state index is 14.4. The number of aliphatic hydroxyl groups is 1. The minimum Gasteiger partial charge on any atom is -0.466 e. The van der Waals surface area contributed by atoms with Crippen molar-refractivity contribution in [2.75, 3.05) is 19.8 Å². The van der Waals surface area contributed by atoms with Crippen LogP contribution in [0.5, 0.6) is 0 Å². The van der Waals surface area contributed by atoms with E-state index in [1.165, 1.54) is 0 Å². The molecule has 1 saturated carbocycles. The van der Waals surface area contributed by atoms with E-state index in [9.17, 15) is 14.7 Å². The number of hydrogen-bond acceptors (Lipinski definition) is 5. The van der Waals surface area contributed by atoms with Crippen molar-refractivity contribution in [2.45, 2.75) is 38.0 Å². The number of nitrogens with zero attached hydrogens (tertiary/aromatic N) is 1. The second-order valence-corrected chi connectivity index (χ2v) is 11.8. The number of aliphatic hydroxyl groups excluding tert-OH is 1. The number of benzene rings is 3. The van der Waals surface area contributed by atoms with Crippen molar-refractivity contribution in [3.8, 4) is 0 Å². The van der Waals surface area contributed by atoms with Gasteiger partial charge < -0.3 is 14.6 Å². The number of carbonyl (C=O) groups is 2. The molecule has 0 unspecified atom stereocenters. The number of carbonyl (C=O) groups excluding carboxylic acids is 2. The largest absolute Gasteiger partial charge is 0.466 e. The van der Waals surface area contributed by atoms with Crippen molar-refractivity contribution >= 4 is 51.0 Å². The second kappa shape index (κ2) is 11.2. The Hall–Kier alpha value is -2.42. The van der Waals surface area contributed by atoms with E-state index >= 15 is 0 Å². The molecule has 0 spiro atoms. The molecule has 2 aliphatic rings. The third kappa shape index (κ3) is 5.35. The quantitative estimate of drug-likeness (QED) is 0.246. The van der Waals surface area contributed by atoms with Gasteiger partial charge in [-0.1, -0.05) is 69.5 Å². The van der Waals surface area contributed by atoms with Gasteiger partial charge >= 0.3 is 5.97 Å². The second-order valence-electron chi connectivity index (χ2n) is 10.0. The summed E-state index contributed by atoms with van der Waals surface area (Å²) in [5, 5.41) is 11.2. The van der Waals surface area contributed by atoms with Crippen LogP contribution in [0.25, 0.3) is 0 Å². The van der Waals surface area contributed by atoms with Crippen LogP contribution in [-0.4, -0.2) is 41.7 Å². The van der Waals surface area contributed by atoms with Gasteiger partial charge in [0.05, 0.1) is 32.3 Å². The lowest BCUT2D eigenvalue weighted by molar-refractivity contribution is -0.154. The number of halogens is 3. The molecule has 2 atom stereocenters. The van der Waals surface area contributed by atoms with Crippen molar-refractivity contribution in [3.05, 3.63) is 104 Å². The molecule has 1 amide bonds. The molecule has 1 aliphatic heterocycles. The van der Waals surface area contributed by atoms with Crippen molar-refractivity contribution in [2.24, 2.45) is 5.41 Å². The third-order valence-electron chi connectivity index (χ3n) is 7.48. The van der Waals surface area contributed by atoms with Crippen LogP contribution in [0.4, 0.5) is 0 Å². The summed E-state index contributed by atoms with van der Waals surface area (Å²) >= 11 is 16.0.